The number of piperazine rings is 1. The maximum absolute atomic E-state index is 12.9. The van der Waals surface area contributed by atoms with E-state index in [-0.39, 0.29) is 30.2 Å². The van der Waals surface area contributed by atoms with Crippen molar-refractivity contribution in [2.45, 2.75) is 25.9 Å². The fourth-order valence-electron chi connectivity index (χ4n) is 2.66. The van der Waals surface area contributed by atoms with Crippen LogP contribution in [-0.4, -0.2) is 55.5 Å². The zero-order valence-electron chi connectivity index (χ0n) is 14.1. The fourth-order valence-corrected chi connectivity index (χ4v) is 2.66. The molecule has 3 N–H and O–H groups in total. The van der Waals surface area contributed by atoms with Gasteiger partial charge in [0.15, 0.2) is 0 Å². The van der Waals surface area contributed by atoms with Crippen molar-refractivity contribution >= 4 is 11.8 Å². The lowest BCUT2D eigenvalue weighted by atomic mass is 10.1. The molecule has 0 aromatic heterocycles. The van der Waals surface area contributed by atoms with Crippen LogP contribution in [-0.2, 0) is 9.59 Å². The molecule has 1 unspecified atom stereocenters. The van der Waals surface area contributed by atoms with Gasteiger partial charge in [0, 0.05) is 25.7 Å². The lowest BCUT2D eigenvalue weighted by molar-refractivity contribution is -0.127. The molecule has 2 rings (SSSR count). The number of benzene rings is 1. The van der Waals surface area contributed by atoms with Gasteiger partial charge in [-0.2, -0.15) is 0 Å². The molecule has 7 heteroatoms. The minimum Gasteiger partial charge on any atom is -0.348 e. The molecule has 24 heavy (non-hydrogen) atoms. The molecule has 1 fully saturated rings. The van der Waals surface area contributed by atoms with Gasteiger partial charge in [-0.05, 0) is 31.5 Å². The monoisotopic (exact) mass is 336 g/mol. The predicted octanol–water partition coefficient (Wildman–Crippen LogP) is 0.413. The first kappa shape index (κ1) is 18.4. The molecule has 1 saturated heterocycles. The molecule has 6 nitrogen and oxygen atoms in total. The molecular formula is C17H25FN4O2. The number of nitrogens with zero attached hydrogens (tertiary/aromatic N) is 1. The zero-order valence-corrected chi connectivity index (χ0v) is 14.1. The van der Waals surface area contributed by atoms with Gasteiger partial charge in [0.2, 0.25) is 11.8 Å². The highest BCUT2D eigenvalue weighted by molar-refractivity contribution is 5.85. The van der Waals surface area contributed by atoms with Gasteiger partial charge < -0.3 is 16.0 Å². The molecule has 0 bridgehead atoms. The van der Waals surface area contributed by atoms with Gasteiger partial charge in [-0.1, -0.05) is 12.1 Å². The highest BCUT2D eigenvalue weighted by Gasteiger charge is 2.20. The molecule has 2 atom stereocenters. The predicted molar refractivity (Wildman–Crippen MR) is 89.9 cm³/mol. The summed E-state index contributed by atoms with van der Waals surface area (Å²) >= 11 is 0. The largest absolute Gasteiger partial charge is 0.348 e. The Morgan fingerprint density at radius 1 is 1.33 bits per heavy atom. The normalized spacial score (nSPS) is 19.5. The van der Waals surface area contributed by atoms with Gasteiger partial charge in [-0.3, -0.25) is 14.5 Å². The molecule has 1 heterocycles. The van der Waals surface area contributed by atoms with Crippen LogP contribution in [0.3, 0.4) is 0 Å². The number of amides is 2. The van der Waals surface area contributed by atoms with Crippen LogP contribution in [0.25, 0.3) is 0 Å². The lowest BCUT2D eigenvalue weighted by Crippen LogP contribution is -2.53. The summed E-state index contributed by atoms with van der Waals surface area (Å²) in [6.45, 7) is 6.67. The average molecular weight is 336 g/mol. The first-order valence-corrected chi connectivity index (χ1v) is 8.22. The van der Waals surface area contributed by atoms with Crippen molar-refractivity contribution in [3.63, 3.8) is 0 Å². The Kier molecular flexibility index (Phi) is 6.69. The molecule has 0 aliphatic carbocycles. The van der Waals surface area contributed by atoms with Gasteiger partial charge in [0.1, 0.15) is 5.82 Å². The van der Waals surface area contributed by atoms with Crippen molar-refractivity contribution in [1.29, 1.82) is 0 Å². The SMILES string of the molecule is CC(NC(=O)CNC(=O)CN1CCNC[C@H]1C)c1ccc(F)cc1. The van der Waals surface area contributed by atoms with Crippen LogP contribution >= 0.6 is 0 Å². The van der Waals surface area contributed by atoms with Crippen molar-refractivity contribution in [1.82, 2.24) is 20.9 Å². The molecular weight excluding hydrogens is 311 g/mol. The Bertz CT molecular complexity index is 564. The van der Waals surface area contributed by atoms with E-state index >= 15 is 0 Å². The van der Waals surface area contributed by atoms with Gasteiger partial charge in [-0.25, -0.2) is 4.39 Å². The third kappa shape index (κ3) is 5.58. The first-order chi connectivity index (χ1) is 11.5. The molecule has 0 saturated carbocycles. The summed E-state index contributed by atoms with van der Waals surface area (Å²) in [6, 6.07) is 6.03. The Balaban J connectivity index is 1.72. The van der Waals surface area contributed by atoms with E-state index in [9.17, 15) is 14.0 Å². The topological polar surface area (TPSA) is 73.5 Å². The molecule has 1 aliphatic rings. The highest BCUT2D eigenvalue weighted by atomic mass is 19.1. The van der Waals surface area contributed by atoms with E-state index < -0.39 is 0 Å². The number of nitrogens with one attached hydrogen (secondary N) is 3. The van der Waals surface area contributed by atoms with E-state index in [1.165, 1.54) is 12.1 Å². The van der Waals surface area contributed by atoms with Crippen molar-refractivity contribution < 1.29 is 14.0 Å². The van der Waals surface area contributed by atoms with Crippen LogP contribution in [0.5, 0.6) is 0 Å². The number of carbonyl (C=O) groups excluding carboxylic acids is 2. The van der Waals surface area contributed by atoms with Crippen LogP contribution < -0.4 is 16.0 Å². The number of carbonyl (C=O) groups is 2. The minimum atomic E-state index is -0.313. The van der Waals surface area contributed by atoms with E-state index in [0.29, 0.717) is 12.6 Å². The summed E-state index contributed by atoms with van der Waals surface area (Å²) in [5.74, 6) is -0.742. The van der Waals surface area contributed by atoms with Gasteiger partial charge in [0.25, 0.3) is 0 Å². The number of hydrogen-bond acceptors (Lipinski definition) is 4. The van der Waals surface area contributed by atoms with E-state index in [0.717, 1.165) is 25.2 Å². The highest BCUT2D eigenvalue weighted by Crippen LogP contribution is 2.12. The van der Waals surface area contributed by atoms with Crippen molar-refractivity contribution in [2.75, 3.05) is 32.7 Å². The summed E-state index contributed by atoms with van der Waals surface area (Å²) in [7, 11) is 0. The smallest absolute Gasteiger partial charge is 0.239 e. The number of rotatable bonds is 6. The Hall–Kier alpha value is -1.99. The number of halogens is 1. The standard InChI is InChI=1S/C17H25FN4O2/c1-12-9-19-7-8-22(12)11-17(24)20-10-16(23)21-13(2)14-3-5-15(18)6-4-14/h3-6,12-13,19H,7-11H2,1-2H3,(H,20,24)(H,21,23)/t12-,13?/m1/s1. The van der Waals surface area contributed by atoms with Crippen molar-refractivity contribution in [3.8, 4) is 0 Å². The third-order valence-corrected chi connectivity index (χ3v) is 4.18. The van der Waals surface area contributed by atoms with Crippen LogP contribution in [0.2, 0.25) is 0 Å². The van der Waals surface area contributed by atoms with Crippen LogP contribution in [0.1, 0.15) is 25.5 Å². The fraction of sp³-hybridized carbons (Fsp3) is 0.529. The van der Waals surface area contributed by atoms with Crippen LogP contribution in [0, 0.1) is 5.82 Å². The van der Waals surface area contributed by atoms with Gasteiger partial charge in [0.05, 0.1) is 19.1 Å². The molecule has 132 valence electrons. The van der Waals surface area contributed by atoms with Gasteiger partial charge in [-0.15, -0.1) is 0 Å². The minimum absolute atomic E-state index is 0.0646. The summed E-state index contributed by atoms with van der Waals surface area (Å²) in [6.07, 6.45) is 0. The lowest BCUT2D eigenvalue weighted by Gasteiger charge is -2.33. The molecule has 2 amide bonds. The average Bonchev–Trinajstić information content (AvgIpc) is 2.55. The summed E-state index contributed by atoms with van der Waals surface area (Å²) in [4.78, 5) is 26.0. The quantitative estimate of drug-likeness (QED) is 0.704. The van der Waals surface area contributed by atoms with Crippen molar-refractivity contribution in [2.24, 2.45) is 0 Å². The summed E-state index contributed by atoms with van der Waals surface area (Å²) in [5.41, 5.74) is 0.811. The van der Waals surface area contributed by atoms with Crippen LogP contribution in [0.4, 0.5) is 4.39 Å². The molecule has 1 aromatic carbocycles. The second-order valence-electron chi connectivity index (χ2n) is 6.14. The Morgan fingerprint density at radius 3 is 2.71 bits per heavy atom. The number of hydrogen-bond donors (Lipinski definition) is 3. The van der Waals surface area contributed by atoms with E-state index in [2.05, 4.69) is 27.8 Å². The van der Waals surface area contributed by atoms with Crippen molar-refractivity contribution in [3.05, 3.63) is 35.6 Å². The van der Waals surface area contributed by atoms with E-state index in [1.807, 2.05) is 6.92 Å². The van der Waals surface area contributed by atoms with Gasteiger partial charge >= 0.3 is 0 Å². The summed E-state index contributed by atoms with van der Waals surface area (Å²) < 4.78 is 12.9. The second kappa shape index (κ2) is 8.75. The van der Waals surface area contributed by atoms with E-state index in [1.54, 1.807) is 12.1 Å². The molecule has 0 spiro atoms. The maximum atomic E-state index is 12.9. The van der Waals surface area contributed by atoms with Crippen LogP contribution in [0.15, 0.2) is 24.3 Å². The zero-order chi connectivity index (χ0) is 17.5. The second-order valence-corrected chi connectivity index (χ2v) is 6.14. The molecule has 1 aromatic rings. The third-order valence-electron chi connectivity index (χ3n) is 4.18. The maximum Gasteiger partial charge on any atom is 0.239 e. The Labute approximate surface area is 141 Å². The summed E-state index contributed by atoms with van der Waals surface area (Å²) in [5, 5.41) is 8.69. The molecule has 1 aliphatic heterocycles. The first-order valence-electron chi connectivity index (χ1n) is 8.22. The Morgan fingerprint density at radius 2 is 2.04 bits per heavy atom. The molecule has 0 radical (unpaired) electrons. The van der Waals surface area contributed by atoms with E-state index in [4.69, 9.17) is 0 Å².